The Kier molecular flexibility index (Phi) is 8.67. The third-order valence-electron chi connectivity index (χ3n) is 2.99. The fourth-order valence-electron chi connectivity index (χ4n) is 1.90. The number of esters is 1. The average molecular weight is 279 g/mol. The van der Waals surface area contributed by atoms with Gasteiger partial charge in [0.05, 0.1) is 13.5 Å². The van der Waals surface area contributed by atoms with Gasteiger partial charge >= 0.3 is 5.97 Å². The van der Waals surface area contributed by atoms with Gasteiger partial charge in [0.2, 0.25) is 0 Å². The summed E-state index contributed by atoms with van der Waals surface area (Å²) in [5.74, 6) is -0.203. The van der Waals surface area contributed by atoms with Crippen LogP contribution in [0.1, 0.15) is 30.9 Å². The van der Waals surface area contributed by atoms with Crippen molar-refractivity contribution in [2.24, 2.45) is 0 Å². The molecular formula is C16H25NO3. The minimum atomic E-state index is -0.203. The highest BCUT2D eigenvalue weighted by atomic mass is 16.5. The third-order valence-corrected chi connectivity index (χ3v) is 2.99. The van der Waals surface area contributed by atoms with Crippen LogP contribution in [0.15, 0.2) is 24.3 Å². The molecule has 0 saturated carbocycles. The quantitative estimate of drug-likeness (QED) is 0.527. The van der Waals surface area contributed by atoms with Crippen LogP contribution in [0.5, 0.6) is 0 Å². The monoisotopic (exact) mass is 279 g/mol. The van der Waals surface area contributed by atoms with E-state index in [0.29, 0.717) is 6.42 Å². The van der Waals surface area contributed by atoms with Gasteiger partial charge in [0, 0.05) is 19.8 Å². The maximum absolute atomic E-state index is 11.4. The van der Waals surface area contributed by atoms with Crippen LogP contribution in [0.25, 0.3) is 0 Å². The van der Waals surface area contributed by atoms with E-state index in [1.165, 1.54) is 7.11 Å². The second kappa shape index (κ2) is 10.4. The molecule has 112 valence electrons. The maximum Gasteiger partial charge on any atom is 0.309 e. The zero-order chi connectivity index (χ0) is 14.6. The fourth-order valence-corrected chi connectivity index (χ4v) is 1.90. The molecule has 0 amide bonds. The van der Waals surface area contributed by atoms with Crippen molar-refractivity contribution >= 4 is 5.97 Å². The summed E-state index contributed by atoms with van der Waals surface area (Å²) in [6, 6.07) is 7.94. The summed E-state index contributed by atoms with van der Waals surface area (Å²) in [4.78, 5) is 11.4. The lowest BCUT2D eigenvalue weighted by Gasteiger charge is -2.10. The van der Waals surface area contributed by atoms with Crippen LogP contribution in [0, 0.1) is 0 Å². The number of carbonyl (C=O) groups is 1. The second-order valence-corrected chi connectivity index (χ2v) is 4.66. The summed E-state index contributed by atoms with van der Waals surface area (Å²) in [6.07, 6.45) is 2.39. The molecule has 0 fully saturated rings. The molecule has 0 spiro atoms. The van der Waals surface area contributed by atoms with Crippen molar-refractivity contribution in [2.75, 3.05) is 26.9 Å². The van der Waals surface area contributed by atoms with E-state index in [1.54, 1.807) is 0 Å². The minimum absolute atomic E-state index is 0.203. The molecule has 0 aliphatic rings. The van der Waals surface area contributed by atoms with Crippen molar-refractivity contribution in [3.63, 3.8) is 0 Å². The third kappa shape index (κ3) is 6.68. The molecule has 0 saturated heterocycles. The topological polar surface area (TPSA) is 47.6 Å². The van der Waals surface area contributed by atoms with Gasteiger partial charge in [0.15, 0.2) is 0 Å². The molecule has 0 bridgehead atoms. The van der Waals surface area contributed by atoms with Gasteiger partial charge in [-0.2, -0.15) is 0 Å². The van der Waals surface area contributed by atoms with Gasteiger partial charge in [0.1, 0.15) is 0 Å². The zero-order valence-electron chi connectivity index (χ0n) is 12.5. The van der Waals surface area contributed by atoms with Crippen molar-refractivity contribution in [3.05, 3.63) is 35.4 Å². The minimum Gasteiger partial charge on any atom is -0.469 e. The van der Waals surface area contributed by atoms with Crippen molar-refractivity contribution in [1.29, 1.82) is 0 Å². The second-order valence-electron chi connectivity index (χ2n) is 4.66. The molecule has 0 unspecified atom stereocenters. The Morgan fingerprint density at radius 3 is 2.65 bits per heavy atom. The van der Waals surface area contributed by atoms with Gasteiger partial charge in [0.25, 0.3) is 0 Å². The van der Waals surface area contributed by atoms with Crippen molar-refractivity contribution < 1.29 is 14.3 Å². The number of hydrogen-bond acceptors (Lipinski definition) is 4. The van der Waals surface area contributed by atoms with Crippen LogP contribution < -0.4 is 5.32 Å². The largest absolute Gasteiger partial charge is 0.469 e. The first-order chi connectivity index (χ1) is 9.77. The Bertz CT molecular complexity index is 393. The Labute approximate surface area is 121 Å². The SMILES string of the molecule is CCCOCCCNCc1ccccc1CC(=O)OC. The number of nitrogens with one attached hydrogen (secondary N) is 1. The first-order valence-corrected chi connectivity index (χ1v) is 7.20. The van der Waals surface area contributed by atoms with Gasteiger partial charge in [-0.05, 0) is 30.5 Å². The highest BCUT2D eigenvalue weighted by Gasteiger charge is 2.07. The van der Waals surface area contributed by atoms with Gasteiger partial charge in [-0.25, -0.2) is 0 Å². The number of ether oxygens (including phenoxy) is 2. The Balaban J connectivity index is 2.30. The molecule has 0 aromatic heterocycles. The number of carbonyl (C=O) groups excluding carboxylic acids is 1. The predicted molar refractivity (Wildman–Crippen MR) is 79.6 cm³/mol. The first kappa shape index (κ1) is 16.7. The molecule has 4 heteroatoms. The van der Waals surface area contributed by atoms with E-state index in [9.17, 15) is 4.79 Å². The highest BCUT2D eigenvalue weighted by molar-refractivity contribution is 5.72. The molecule has 0 radical (unpaired) electrons. The van der Waals surface area contributed by atoms with Crippen LogP contribution in [-0.2, 0) is 27.2 Å². The summed E-state index contributed by atoms with van der Waals surface area (Å²) in [5.41, 5.74) is 2.17. The molecular weight excluding hydrogens is 254 g/mol. The van der Waals surface area contributed by atoms with Crippen molar-refractivity contribution in [2.45, 2.75) is 32.7 Å². The zero-order valence-corrected chi connectivity index (χ0v) is 12.5. The lowest BCUT2D eigenvalue weighted by atomic mass is 10.0. The van der Waals surface area contributed by atoms with Crippen LogP contribution >= 0.6 is 0 Å². The van der Waals surface area contributed by atoms with Crippen LogP contribution in [0.2, 0.25) is 0 Å². The summed E-state index contributed by atoms with van der Waals surface area (Å²) in [6.45, 7) is 5.42. The summed E-state index contributed by atoms with van der Waals surface area (Å²) in [5, 5.41) is 3.38. The molecule has 1 aromatic carbocycles. The van der Waals surface area contributed by atoms with Gasteiger partial charge in [-0.3, -0.25) is 4.79 Å². The number of methoxy groups -OCH3 is 1. The lowest BCUT2D eigenvalue weighted by molar-refractivity contribution is -0.139. The Hall–Kier alpha value is -1.39. The van der Waals surface area contributed by atoms with Crippen LogP contribution in [0.3, 0.4) is 0 Å². The summed E-state index contributed by atoms with van der Waals surface area (Å²) in [7, 11) is 1.42. The molecule has 0 atom stereocenters. The number of rotatable bonds is 10. The van der Waals surface area contributed by atoms with E-state index in [-0.39, 0.29) is 5.97 Å². The van der Waals surface area contributed by atoms with E-state index in [1.807, 2.05) is 24.3 Å². The van der Waals surface area contributed by atoms with Crippen molar-refractivity contribution in [3.8, 4) is 0 Å². The molecule has 1 rings (SSSR count). The van der Waals surface area contributed by atoms with Crippen LogP contribution in [-0.4, -0.2) is 32.8 Å². The Morgan fingerprint density at radius 1 is 1.20 bits per heavy atom. The molecule has 0 aliphatic heterocycles. The molecule has 1 N–H and O–H groups in total. The molecule has 0 heterocycles. The normalized spacial score (nSPS) is 10.5. The number of hydrogen-bond donors (Lipinski definition) is 1. The van der Waals surface area contributed by atoms with Gasteiger partial charge in [-0.1, -0.05) is 31.2 Å². The van der Waals surface area contributed by atoms with Gasteiger partial charge < -0.3 is 14.8 Å². The first-order valence-electron chi connectivity index (χ1n) is 7.20. The summed E-state index contributed by atoms with van der Waals surface area (Å²) < 4.78 is 10.1. The van der Waals surface area contributed by atoms with E-state index in [2.05, 4.69) is 12.2 Å². The van der Waals surface area contributed by atoms with Gasteiger partial charge in [-0.15, -0.1) is 0 Å². The summed E-state index contributed by atoms with van der Waals surface area (Å²) >= 11 is 0. The van der Waals surface area contributed by atoms with E-state index < -0.39 is 0 Å². The molecule has 4 nitrogen and oxygen atoms in total. The number of benzene rings is 1. The van der Waals surface area contributed by atoms with Crippen molar-refractivity contribution in [1.82, 2.24) is 5.32 Å². The maximum atomic E-state index is 11.4. The highest BCUT2D eigenvalue weighted by Crippen LogP contribution is 2.10. The Morgan fingerprint density at radius 2 is 1.95 bits per heavy atom. The molecule has 0 aliphatic carbocycles. The predicted octanol–water partition coefficient (Wildman–Crippen LogP) is 2.31. The van der Waals surface area contributed by atoms with E-state index in [0.717, 1.165) is 50.3 Å². The standard InChI is InChI=1S/C16H25NO3/c1-3-10-20-11-6-9-17-13-15-8-5-4-7-14(15)12-16(18)19-2/h4-5,7-8,17H,3,6,9-13H2,1-2H3. The fraction of sp³-hybridized carbons (Fsp3) is 0.562. The molecule has 20 heavy (non-hydrogen) atoms. The van der Waals surface area contributed by atoms with E-state index in [4.69, 9.17) is 9.47 Å². The molecule has 1 aromatic rings. The average Bonchev–Trinajstić information content (AvgIpc) is 2.47. The van der Waals surface area contributed by atoms with Crippen LogP contribution in [0.4, 0.5) is 0 Å². The van der Waals surface area contributed by atoms with E-state index >= 15 is 0 Å². The lowest BCUT2D eigenvalue weighted by Crippen LogP contribution is -2.18. The smallest absolute Gasteiger partial charge is 0.309 e.